The summed E-state index contributed by atoms with van der Waals surface area (Å²) in [5.74, 6) is 0.870. The molecule has 1 aromatic heterocycles. The molecule has 4 heteroatoms. The number of nitrogens with zero attached hydrogens (tertiary/aromatic N) is 1. The quantitative estimate of drug-likeness (QED) is 0.838. The fourth-order valence-electron chi connectivity index (χ4n) is 1.73. The van der Waals surface area contributed by atoms with Crippen molar-refractivity contribution >= 4 is 17.0 Å². The molecule has 0 atom stereocenters. The number of rotatable bonds is 5. The van der Waals surface area contributed by atoms with Gasteiger partial charge in [0.15, 0.2) is 0 Å². The van der Waals surface area contributed by atoms with Crippen LogP contribution in [0.2, 0.25) is 0 Å². The van der Waals surface area contributed by atoms with Crippen LogP contribution in [0, 0.1) is 6.92 Å². The Hall–Kier alpha value is -1.55. The molecule has 0 amide bonds. The van der Waals surface area contributed by atoms with Gasteiger partial charge in [0.1, 0.15) is 12.4 Å². The van der Waals surface area contributed by atoms with Gasteiger partial charge >= 0.3 is 0 Å². The van der Waals surface area contributed by atoms with Crippen LogP contribution in [0.4, 0.5) is 5.69 Å². The summed E-state index contributed by atoms with van der Waals surface area (Å²) in [6.07, 6.45) is 2.18. The van der Waals surface area contributed by atoms with Gasteiger partial charge in [0.05, 0.1) is 10.7 Å². The van der Waals surface area contributed by atoms with Crippen LogP contribution in [0.3, 0.4) is 0 Å². The first-order valence-electron chi connectivity index (χ1n) is 6.11. The van der Waals surface area contributed by atoms with E-state index in [2.05, 4.69) is 17.3 Å². The second-order valence-electron chi connectivity index (χ2n) is 4.30. The number of aromatic nitrogens is 1. The smallest absolute Gasteiger partial charge is 0.131 e. The van der Waals surface area contributed by atoms with E-state index in [1.165, 1.54) is 5.01 Å². The molecule has 0 saturated heterocycles. The third-order valence-electron chi connectivity index (χ3n) is 2.64. The van der Waals surface area contributed by atoms with Crippen LogP contribution in [0.1, 0.15) is 29.6 Å². The highest BCUT2D eigenvalue weighted by atomic mass is 32.1. The molecule has 0 aliphatic rings. The average molecular weight is 262 g/mol. The minimum Gasteiger partial charge on any atom is -0.487 e. The second-order valence-corrected chi connectivity index (χ2v) is 5.24. The maximum absolute atomic E-state index is 5.76. The number of nitrogen functional groups attached to an aromatic ring is 1. The summed E-state index contributed by atoms with van der Waals surface area (Å²) in [5, 5.41) is 3.25. The predicted molar refractivity (Wildman–Crippen MR) is 76.0 cm³/mol. The molecule has 0 spiro atoms. The van der Waals surface area contributed by atoms with Crippen molar-refractivity contribution in [3.63, 3.8) is 0 Å². The Balaban J connectivity index is 1.97. The van der Waals surface area contributed by atoms with Gasteiger partial charge in [0, 0.05) is 11.1 Å². The van der Waals surface area contributed by atoms with Crippen molar-refractivity contribution in [1.29, 1.82) is 0 Å². The van der Waals surface area contributed by atoms with Gasteiger partial charge in [0.25, 0.3) is 0 Å². The predicted octanol–water partition coefficient (Wildman–Crippen LogP) is 3.57. The zero-order chi connectivity index (χ0) is 13.0. The monoisotopic (exact) mass is 262 g/mol. The van der Waals surface area contributed by atoms with Crippen molar-refractivity contribution in [1.82, 2.24) is 4.98 Å². The van der Waals surface area contributed by atoms with Crippen LogP contribution in [-0.4, -0.2) is 4.98 Å². The summed E-state index contributed by atoms with van der Waals surface area (Å²) in [6.45, 7) is 4.68. The SMILES string of the molecule is CCCc1nc(COc2ccc(N)cc2C)cs1. The first kappa shape index (κ1) is 12.9. The molecule has 0 aliphatic heterocycles. The van der Waals surface area contributed by atoms with Crippen molar-refractivity contribution in [2.24, 2.45) is 0 Å². The first-order chi connectivity index (χ1) is 8.69. The molecular weight excluding hydrogens is 244 g/mol. The van der Waals surface area contributed by atoms with Gasteiger partial charge in [-0.2, -0.15) is 0 Å². The molecule has 3 nitrogen and oxygen atoms in total. The molecule has 0 fully saturated rings. The van der Waals surface area contributed by atoms with E-state index in [9.17, 15) is 0 Å². The number of anilines is 1. The largest absolute Gasteiger partial charge is 0.487 e. The molecule has 2 N–H and O–H groups in total. The molecule has 2 aromatic rings. The molecule has 0 saturated carbocycles. The second kappa shape index (κ2) is 5.87. The minimum atomic E-state index is 0.519. The van der Waals surface area contributed by atoms with E-state index in [1.54, 1.807) is 11.3 Å². The van der Waals surface area contributed by atoms with E-state index < -0.39 is 0 Å². The van der Waals surface area contributed by atoms with Gasteiger partial charge in [-0.05, 0) is 43.5 Å². The standard InChI is InChI=1S/C14H18N2OS/c1-3-4-14-16-12(9-18-14)8-17-13-6-5-11(15)7-10(13)2/h5-7,9H,3-4,8,15H2,1-2H3. The Labute approximate surface area is 112 Å². The summed E-state index contributed by atoms with van der Waals surface area (Å²) in [7, 11) is 0. The molecule has 1 heterocycles. The van der Waals surface area contributed by atoms with Crippen LogP contribution in [0.5, 0.6) is 5.75 Å². The molecule has 96 valence electrons. The number of thiazole rings is 1. The van der Waals surface area contributed by atoms with Crippen LogP contribution in [0.15, 0.2) is 23.6 Å². The van der Waals surface area contributed by atoms with Crippen molar-refractivity contribution in [2.75, 3.05) is 5.73 Å². The number of benzene rings is 1. The van der Waals surface area contributed by atoms with Gasteiger partial charge in [0.2, 0.25) is 0 Å². The lowest BCUT2D eigenvalue weighted by molar-refractivity contribution is 0.300. The minimum absolute atomic E-state index is 0.519. The molecule has 0 unspecified atom stereocenters. The third-order valence-corrected chi connectivity index (χ3v) is 3.60. The summed E-state index contributed by atoms with van der Waals surface area (Å²) in [4.78, 5) is 4.53. The topological polar surface area (TPSA) is 48.1 Å². The third kappa shape index (κ3) is 3.23. The lowest BCUT2D eigenvalue weighted by atomic mass is 10.2. The Bertz CT molecular complexity index is 522. The first-order valence-corrected chi connectivity index (χ1v) is 6.99. The summed E-state index contributed by atoms with van der Waals surface area (Å²) >= 11 is 1.70. The average Bonchev–Trinajstić information content (AvgIpc) is 2.76. The van der Waals surface area contributed by atoms with Crippen LogP contribution in [-0.2, 0) is 13.0 Å². The van der Waals surface area contributed by atoms with Crippen molar-refractivity contribution < 1.29 is 4.74 Å². The number of hydrogen-bond donors (Lipinski definition) is 1. The number of nitrogens with two attached hydrogens (primary N) is 1. The van der Waals surface area contributed by atoms with E-state index >= 15 is 0 Å². The van der Waals surface area contributed by atoms with Gasteiger partial charge in [-0.25, -0.2) is 4.98 Å². The summed E-state index contributed by atoms with van der Waals surface area (Å²) in [6, 6.07) is 5.68. The van der Waals surface area contributed by atoms with E-state index in [0.29, 0.717) is 6.61 Å². The normalized spacial score (nSPS) is 10.6. The van der Waals surface area contributed by atoms with Crippen molar-refractivity contribution in [3.05, 3.63) is 39.8 Å². The molecule has 0 aliphatic carbocycles. The van der Waals surface area contributed by atoms with E-state index in [-0.39, 0.29) is 0 Å². The lowest BCUT2D eigenvalue weighted by Crippen LogP contribution is -1.98. The maximum Gasteiger partial charge on any atom is 0.131 e. The van der Waals surface area contributed by atoms with Crippen LogP contribution in [0.25, 0.3) is 0 Å². The Morgan fingerprint density at radius 1 is 1.39 bits per heavy atom. The fraction of sp³-hybridized carbons (Fsp3) is 0.357. The zero-order valence-electron chi connectivity index (χ0n) is 10.8. The van der Waals surface area contributed by atoms with Gasteiger partial charge in [-0.3, -0.25) is 0 Å². The highest BCUT2D eigenvalue weighted by Crippen LogP contribution is 2.21. The molecule has 1 aromatic carbocycles. The highest BCUT2D eigenvalue weighted by molar-refractivity contribution is 7.09. The Morgan fingerprint density at radius 3 is 2.94 bits per heavy atom. The number of aryl methyl sites for hydroxylation is 2. The molecule has 0 bridgehead atoms. The molecule has 0 radical (unpaired) electrons. The van der Waals surface area contributed by atoms with E-state index in [0.717, 1.165) is 35.5 Å². The highest BCUT2D eigenvalue weighted by Gasteiger charge is 2.04. The molecule has 18 heavy (non-hydrogen) atoms. The Kier molecular flexibility index (Phi) is 4.20. The van der Waals surface area contributed by atoms with E-state index in [1.807, 2.05) is 25.1 Å². The summed E-state index contributed by atoms with van der Waals surface area (Å²) < 4.78 is 5.76. The van der Waals surface area contributed by atoms with E-state index in [4.69, 9.17) is 10.5 Å². The fourth-order valence-corrected chi connectivity index (χ4v) is 2.61. The molecular formula is C14H18N2OS. The van der Waals surface area contributed by atoms with Crippen LogP contribution < -0.4 is 10.5 Å². The van der Waals surface area contributed by atoms with Gasteiger partial charge < -0.3 is 10.5 Å². The maximum atomic E-state index is 5.76. The number of hydrogen-bond acceptors (Lipinski definition) is 4. The van der Waals surface area contributed by atoms with Crippen molar-refractivity contribution in [3.8, 4) is 5.75 Å². The zero-order valence-corrected chi connectivity index (χ0v) is 11.6. The van der Waals surface area contributed by atoms with Crippen molar-refractivity contribution in [2.45, 2.75) is 33.3 Å². The number of ether oxygens (including phenoxy) is 1. The summed E-state index contributed by atoms with van der Waals surface area (Å²) in [5.41, 5.74) is 8.52. The van der Waals surface area contributed by atoms with Gasteiger partial charge in [-0.1, -0.05) is 6.92 Å². The lowest BCUT2D eigenvalue weighted by Gasteiger charge is -2.08. The van der Waals surface area contributed by atoms with Crippen LogP contribution >= 0.6 is 11.3 Å². The van der Waals surface area contributed by atoms with Gasteiger partial charge in [-0.15, -0.1) is 11.3 Å². The molecule has 2 rings (SSSR count). The Morgan fingerprint density at radius 2 is 2.22 bits per heavy atom.